The van der Waals surface area contributed by atoms with Crippen LogP contribution in [0.25, 0.3) is 0 Å². The van der Waals surface area contributed by atoms with Gasteiger partial charge in [-0.2, -0.15) is 0 Å². The van der Waals surface area contributed by atoms with E-state index in [1.54, 1.807) is 12.4 Å². The lowest BCUT2D eigenvalue weighted by Gasteiger charge is -2.12. The Kier molecular flexibility index (Phi) is 4.33. The highest BCUT2D eigenvalue weighted by Crippen LogP contribution is 2.27. The fraction of sp³-hybridized carbons (Fsp3) is 0.214. The van der Waals surface area contributed by atoms with Crippen molar-refractivity contribution in [2.75, 3.05) is 0 Å². The molecule has 2 rings (SSSR count). The summed E-state index contributed by atoms with van der Waals surface area (Å²) in [6.07, 6.45) is 4.20. The summed E-state index contributed by atoms with van der Waals surface area (Å²) in [5.74, 6) is 1.54. The Balaban J connectivity index is 2.23. The Morgan fingerprint density at radius 1 is 1.33 bits per heavy atom. The molecule has 94 valence electrons. The summed E-state index contributed by atoms with van der Waals surface area (Å²) in [5.41, 5.74) is 6.94. The monoisotopic (exact) mass is 306 g/mol. The SMILES string of the molecule is CC(N)Cc1ccccc1Oc1cncc(Br)c1. The van der Waals surface area contributed by atoms with Gasteiger partial charge in [-0.3, -0.25) is 4.98 Å². The second-order valence-corrected chi connectivity index (χ2v) is 5.15. The van der Waals surface area contributed by atoms with Crippen molar-refractivity contribution in [2.45, 2.75) is 19.4 Å². The van der Waals surface area contributed by atoms with Crippen LogP contribution < -0.4 is 10.5 Å². The smallest absolute Gasteiger partial charge is 0.146 e. The molecule has 1 aromatic carbocycles. The molecule has 18 heavy (non-hydrogen) atoms. The van der Waals surface area contributed by atoms with Gasteiger partial charge in [0.15, 0.2) is 0 Å². The van der Waals surface area contributed by atoms with Crippen LogP contribution in [0.1, 0.15) is 12.5 Å². The van der Waals surface area contributed by atoms with E-state index in [2.05, 4.69) is 20.9 Å². The zero-order chi connectivity index (χ0) is 13.0. The number of para-hydroxylation sites is 1. The van der Waals surface area contributed by atoms with E-state index in [0.29, 0.717) is 5.75 Å². The van der Waals surface area contributed by atoms with E-state index >= 15 is 0 Å². The summed E-state index contributed by atoms with van der Waals surface area (Å²) in [6.45, 7) is 1.98. The standard InChI is InChI=1S/C14H15BrN2O/c1-10(16)6-11-4-2-3-5-14(11)18-13-7-12(15)8-17-9-13/h2-5,7-10H,6,16H2,1H3. The number of pyridine rings is 1. The summed E-state index contributed by atoms with van der Waals surface area (Å²) >= 11 is 3.37. The Hall–Kier alpha value is -1.39. The molecule has 1 heterocycles. The van der Waals surface area contributed by atoms with Crippen molar-refractivity contribution in [3.63, 3.8) is 0 Å². The lowest BCUT2D eigenvalue weighted by Crippen LogP contribution is -2.18. The van der Waals surface area contributed by atoms with Gasteiger partial charge in [0.1, 0.15) is 11.5 Å². The number of benzene rings is 1. The molecule has 0 aliphatic rings. The fourth-order valence-electron chi connectivity index (χ4n) is 1.69. The van der Waals surface area contributed by atoms with Gasteiger partial charge in [0.05, 0.1) is 6.20 Å². The number of ether oxygens (including phenoxy) is 1. The molecule has 0 saturated carbocycles. The molecule has 0 saturated heterocycles. The van der Waals surface area contributed by atoms with Crippen LogP contribution in [0.5, 0.6) is 11.5 Å². The van der Waals surface area contributed by atoms with Crippen LogP contribution >= 0.6 is 15.9 Å². The predicted molar refractivity (Wildman–Crippen MR) is 75.8 cm³/mol. The van der Waals surface area contributed by atoms with Crippen molar-refractivity contribution >= 4 is 15.9 Å². The minimum atomic E-state index is 0.107. The molecule has 0 amide bonds. The van der Waals surface area contributed by atoms with Gasteiger partial charge in [-0.25, -0.2) is 0 Å². The van der Waals surface area contributed by atoms with Gasteiger partial charge < -0.3 is 10.5 Å². The van der Waals surface area contributed by atoms with Crippen LogP contribution in [0.4, 0.5) is 0 Å². The first-order valence-corrected chi connectivity index (χ1v) is 6.56. The van der Waals surface area contributed by atoms with E-state index in [9.17, 15) is 0 Å². The van der Waals surface area contributed by atoms with E-state index in [-0.39, 0.29) is 6.04 Å². The third-order valence-corrected chi connectivity index (χ3v) is 2.86. The number of aromatic nitrogens is 1. The number of hydrogen-bond donors (Lipinski definition) is 1. The zero-order valence-corrected chi connectivity index (χ0v) is 11.7. The average molecular weight is 307 g/mol. The van der Waals surface area contributed by atoms with Crippen molar-refractivity contribution < 1.29 is 4.74 Å². The molecule has 4 heteroatoms. The average Bonchev–Trinajstić information content (AvgIpc) is 2.31. The summed E-state index contributed by atoms with van der Waals surface area (Å²) in [6, 6.07) is 9.91. The summed E-state index contributed by atoms with van der Waals surface area (Å²) in [4.78, 5) is 4.07. The van der Waals surface area contributed by atoms with Crippen LogP contribution in [-0.4, -0.2) is 11.0 Å². The van der Waals surface area contributed by atoms with Crippen molar-refractivity contribution in [1.29, 1.82) is 0 Å². The maximum Gasteiger partial charge on any atom is 0.146 e. The maximum absolute atomic E-state index is 5.84. The number of nitrogens with zero attached hydrogens (tertiary/aromatic N) is 1. The first-order chi connectivity index (χ1) is 8.65. The fourth-order valence-corrected chi connectivity index (χ4v) is 2.04. The Bertz CT molecular complexity index is 529. The maximum atomic E-state index is 5.84. The van der Waals surface area contributed by atoms with E-state index in [1.165, 1.54) is 0 Å². The van der Waals surface area contributed by atoms with Crippen LogP contribution in [0.2, 0.25) is 0 Å². The van der Waals surface area contributed by atoms with Gasteiger partial charge in [0.2, 0.25) is 0 Å². The second-order valence-electron chi connectivity index (χ2n) is 4.23. The largest absolute Gasteiger partial charge is 0.455 e. The molecule has 3 nitrogen and oxygen atoms in total. The molecule has 0 bridgehead atoms. The first-order valence-electron chi connectivity index (χ1n) is 5.77. The summed E-state index contributed by atoms with van der Waals surface area (Å²) in [7, 11) is 0. The van der Waals surface area contributed by atoms with Gasteiger partial charge in [-0.15, -0.1) is 0 Å². The Labute approximate surface area is 115 Å². The lowest BCUT2D eigenvalue weighted by molar-refractivity contribution is 0.471. The zero-order valence-electron chi connectivity index (χ0n) is 10.1. The van der Waals surface area contributed by atoms with E-state index < -0.39 is 0 Å². The highest BCUT2D eigenvalue weighted by atomic mass is 79.9. The molecule has 2 aromatic rings. The molecule has 1 unspecified atom stereocenters. The van der Waals surface area contributed by atoms with Crippen molar-refractivity contribution in [2.24, 2.45) is 5.73 Å². The normalized spacial score (nSPS) is 12.2. The van der Waals surface area contributed by atoms with Crippen LogP contribution in [0.15, 0.2) is 47.2 Å². The minimum Gasteiger partial charge on any atom is -0.455 e. The van der Waals surface area contributed by atoms with Crippen LogP contribution in [0.3, 0.4) is 0 Å². The van der Waals surface area contributed by atoms with Gasteiger partial charge >= 0.3 is 0 Å². The van der Waals surface area contributed by atoms with Gasteiger partial charge in [0, 0.05) is 16.7 Å². The number of nitrogens with two attached hydrogens (primary N) is 1. The molecule has 1 aromatic heterocycles. The van der Waals surface area contributed by atoms with Crippen LogP contribution in [0, 0.1) is 0 Å². The quantitative estimate of drug-likeness (QED) is 0.940. The Morgan fingerprint density at radius 2 is 2.11 bits per heavy atom. The number of halogens is 1. The topological polar surface area (TPSA) is 48.1 Å². The molecule has 0 radical (unpaired) electrons. The van der Waals surface area contributed by atoms with Crippen molar-refractivity contribution in [3.8, 4) is 11.5 Å². The molecular formula is C14H15BrN2O. The number of hydrogen-bond acceptors (Lipinski definition) is 3. The highest BCUT2D eigenvalue weighted by molar-refractivity contribution is 9.10. The molecular weight excluding hydrogens is 292 g/mol. The third kappa shape index (κ3) is 3.55. The summed E-state index contributed by atoms with van der Waals surface area (Å²) in [5, 5.41) is 0. The first kappa shape index (κ1) is 13.1. The Morgan fingerprint density at radius 3 is 2.83 bits per heavy atom. The van der Waals surface area contributed by atoms with E-state index in [4.69, 9.17) is 10.5 Å². The second kappa shape index (κ2) is 5.98. The summed E-state index contributed by atoms with van der Waals surface area (Å²) < 4.78 is 6.74. The van der Waals surface area contributed by atoms with E-state index in [0.717, 1.165) is 22.2 Å². The van der Waals surface area contributed by atoms with Gasteiger partial charge in [0.25, 0.3) is 0 Å². The molecule has 0 aliphatic carbocycles. The van der Waals surface area contributed by atoms with Crippen molar-refractivity contribution in [3.05, 3.63) is 52.8 Å². The third-order valence-electron chi connectivity index (χ3n) is 2.42. The lowest BCUT2D eigenvalue weighted by atomic mass is 10.1. The molecule has 1 atom stereocenters. The van der Waals surface area contributed by atoms with E-state index in [1.807, 2.05) is 37.3 Å². The van der Waals surface area contributed by atoms with Crippen molar-refractivity contribution in [1.82, 2.24) is 4.98 Å². The minimum absolute atomic E-state index is 0.107. The molecule has 0 aliphatic heterocycles. The predicted octanol–water partition coefficient (Wildman–Crippen LogP) is 3.53. The molecule has 0 spiro atoms. The highest BCUT2D eigenvalue weighted by Gasteiger charge is 2.06. The van der Waals surface area contributed by atoms with Gasteiger partial charge in [-0.1, -0.05) is 18.2 Å². The molecule has 2 N–H and O–H groups in total. The van der Waals surface area contributed by atoms with Gasteiger partial charge in [-0.05, 0) is 47.0 Å². The molecule has 0 fully saturated rings. The number of rotatable bonds is 4. The van der Waals surface area contributed by atoms with Crippen LogP contribution in [-0.2, 0) is 6.42 Å².